The van der Waals surface area contributed by atoms with Gasteiger partial charge < -0.3 is 20.3 Å². The van der Waals surface area contributed by atoms with E-state index in [1.54, 1.807) is 30.3 Å². The van der Waals surface area contributed by atoms with Crippen LogP contribution in [0, 0.1) is 0 Å². The van der Waals surface area contributed by atoms with Gasteiger partial charge in [-0.1, -0.05) is 37.6 Å². The van der Waals surface area contributed by atoms with Crippen LogP contribution in [0.3, 0.4) is 0 Å². The number of amides is 2. The molecule has 2 aromatic carbocycles. The summed E-state index contributed by atoms with van der Waals surface area (Å²) in [5.74, 6) is 0.550. The minimum Gasteiger partial charge on any atom is -0.487 e. The Hall–Kier alpha value is -3.28. The molecule has 0 atom stereocenters. The second-order valence-corrected chi connectivity index (χ2v) is 7.28. The molecule has 2 aromatic rings. The third kappa shape index (κ3) is 6.11. The lowest BCUT2D eigenvalue weighted by atomic mass is 10.1. The highest BCUT2D eigenvalue weighted by molar-refractivity contribution is 5.96. The molecule has 0 aromatic heterocycles. The lowest BCUT2D eigenvalue weighted by Crippen LogP contribution is -2.31. The first-order valence-electron chi connectivity index (χ1n) is 10.4. The maximum Gasteiger partial charge on any atom is 0.253 e. The third-order valence-corrected chi connectivity index (χ3v) is 4.99. The highest BCUT2D eigenvalue weighted by atomic mass is 16.5. The predicted molar refractivity (Wildman–Crippen MR) is 120 cm³/mol. The molecule has 1 saturated heterocycles. The Balaban J connectivity index is 1.52. The Morgan fingerprint density at radius 1 is 1.00 bits per heavy atom. The number of para-hydroxylation sites is 2. The zero-order chi connectivity index (χ0) is 21.2. The molecule has 2 amide bonds. The van der Waals surface area contributed by atoms with E-state index >= 15 is 0 Å². The zero-order valence-corrected chi connectivity index (χ0v) is 17.2. The predicted octanol–water partition coefficient (Wildman–Crippen LogP) is 4.32. The van der Waals surface area contributed by atoms with Crippen LogP contribution >= 0.6 is 0 Å². The van der Waals surface area contributed by atoms with Crippen LogP contribution < -0.4 is 15.4 Å². The molecule has 158 valence electrons. The van der Waals surface area contributed by atoms with Crippen LogP contribution in [0.1, 0.15) is 36.0 Å². The van der Waals surface area contributed by atoms with E-state index < -0.39 is 0 Å². The number of rotatable bonds is 8. The number of anilines is 2. The van der Waals surface area contributed by atoms with Crippen molar-refractivity contribution in [1.82, 2.24) is 4.90 Å². The van der Waals surface area contributed by atoms with E-state index in [0.29, 0.717) is 23.6 Å². The number of ether oxygens (including phenoxy) is 1. The van der Waals surface area contributed by atoms with Crippen LogP contribution in [-0.2, 0) is 4.79 Å². The molecule has 3 rings (SSSR count). The van der Waals surface area contributed by atoms with Gasteiger partial charge in [-0.15, -0.1) is 0 Å². The van der Waals surface area contributed by atoms with Gasteiger partial charge in [0.2, 0.25) is 5.91 Å². The van der Waals surface area contributed by atoms with Crippen LogP contribution in [0.2, 0.25) is 0 Å². The SMILES string of the molecule is C=CCOc1ccccc1NCC(=O)Nc1ccc(C(=O)N2CCCCCC2)cc1. The van der Waals surface area contributed by atoms with Gasteiger partial charge in [-0.25, -0.2) is 0 Å². The molecule has 1 fully saturated rings. The summed E-state index contributed by atoms with van der Waals surface area (Å²) in [6.07, 6.45) is 6.18. The molecule has 0 aliphatic carbocycles. The summed E-state index contributed by atoms with van der Waals surface area (Å²) >= 11 is 0. The standard InChI is InChI=1S/C24H29N3O3/c1-2-17-30-22-10-6-5-9-21(22)25-18-23(28)26-20-13-11-19(12-14-20)24(29)27-15-7-3-4-8-16-27/h2,5-6,9-14,25H,1,3-4,7-8,15-18H2,(H,26,28). The van der Waals surface area contributed by atoms with E-state index in [9.17, 15) is 9.59 Å². The number of benzene rings is 2. The summed E-state index contributed by atoms with van der Waals surface area (Å²) in [4.78, 5) is 26.9. The summed E-state index contributed by atoms with van der Waals surface area (Å²) in [5, 5.41) is 5.94. The Bertz CT molecular complexity index is 856. The number of likely N-dealkylation sites (tertiary alicyclic amines) is 1. The average Bonchev–Trinajstić information content (AvgIpc) is 3.06. The van der Waals surface area contributed by atoms with Crippen molar-refractivity contribution in [2.75, 3.05) is 36.9 Å². The fourth-order valence-corrected chi connectivity index (χ4v) is 3.42. The molecule has 0 spiro atoms. The molecule has 1 aliphatic rings. The van der Waals surface area contributed by atoms with Gasteiger partial charge in [0.15, 0.2) is 0 Å². The lowest BCUT2D eigenvalue weighted by Gasteiger charge is -2.20. The summed E-state index contributed by atoms with van der Waals surface area (Å²) in [6, 6.07) is 14.5. The Morgan fingerprint density at radius 2 is 1.70 bits per heavy atom. The van der Waals surface area contributed by atoms with E-state index in [4.69, 9.17) is 4.74 Å². The Morgan fingerprint density at radius 3 is 2.40 bits per heavy atom. The van der Waals surface area contributed by atoms with Crippen LogP contribution in [0.5, 0.6) is 5.75 Å². The fraction of sp³-hybridized carbons (Fsp3) is 0.333. The van der Waals surface area contributed by atoms with Gasteiger partial charge in [-0.2, -0.15) is 0 Å². The van der Waals surface area contributed by atoms with Gasteiger partial charge in [-0.05, 0) is 49.2 Å². The molecule has 2 N–H and O–H groups in total. The largest absolute Gasteiger partial charge is 0.487 e. The molecule has 0 unspecified atom stereocenters. The van der Waals surface area contributed by atoms with Gasteiger partial charge in [-0.3, -0.25) is 9.59 Å². The van der Waals surface area contributed by atoms with Gasteiger partial charge in [0.05, 0.1) is 12.2 Å². The van der Waals surface area contributed by atoms with Crippen molar-refractivity contribution in [3.63, 3.8) is 0 Å². The van der Waals surface area contributed by atoms with Gasteiger partial charge >= 0.3 is 0 Å². The third-order valence-electron chi connectivity index (χ3n) is 4.99. The quantitative estimate of drug-likeness (QED) is 0.640. The first-order valence-corrected chi connectivity index (χ1v) is 10.4. The minimum absolute atomic E-state index is 0.0626. The summed E-state index contributed by atoms with van der Waals surface area (Å²) in [5.41, 5.74) is 2.06. The van der Waals surface area contributed by atoms with Crippen LogP contribution in [0.4, 0.5) is 11.4 Å². The van der Waals surface area contributed by atoms with Crippen LogP contribution in [0.15, 0.2) is 61.2 Å². The van der Waals surface area contributed by atoms with E-state index in [-0.39, 0.29) is 18.4 Å². The number of carbonyl (C=O) groups is 2. The van der Waals surface area contributed by atoms with E-state index in [2.05, 4.69) is 17.2 Å². The summed E-state index contributed by atoms with van der Waals surface area (Å²) in [6.45, 7) is 5.78. The number of hydrogen-bond acceptors (Lipinski definition) is 4. The lowest BCUT2D eigenvalue weighted by molar-refractivity contribution is -0.114. The normalized spacial score (nSPS) is 13.8. The maximum atomic E-state index is 12.7. The first-order chi connectivity index (χ1) is 14.7. The van der Waals surface area contributed by atoms with Gasteiger partial charge in [0, 0.05) is 24.3 Å². The van der Waals surface area contributed by atoms with Crippen molar-refractivity contribution in [3.05, 3.63) is 66.7 Å². The molecule has 6 heteroatoms. The van der Waals surface area contributed by atoms with Crippen LogP contribution in [-0.4, -0.2) is 43.0 Å². The van der Waals surface area contributed by atoms with Crippen molar-refractivity contribution >= 4 is 23.2 Å². The second-order valence-electron chi connectivity index (χ2n) is 7.28. The number of hydrogen-bond donors (Lipinski definition) is 2. The van der Waals surface area contributed by atoms with Crippen LogP contribution in [0.25, 0.3) is 0 Å². The molecule has 0 bridgehead atoms. The minimum atomic E-state index is -0.180. The topological polar surface area (TPSA) is 70.7 Å². The van der Waals surface area contributed by atoms with Crippen molar-refractivity contribution in [3.8, 4) is 5.75 Å². The first kappa shape index (κ1) is 21.4. The molecule has 6 nitrogen and oxygen atoms in total. The van der Waals surface area contributed by atoms with E-state index in [1.165, 1.54) is 12.8 Å². The van der Waals surface area contributed by atoms with E-state index in [0.717, 1.165) is 31.6 Å². The number of nitrogens with one attached hydrogen (secondary N) is 2. The summed E-state index contributed by atoms with van der Waals surface area (Å²) in [7, 11) is 0. The Labute approximate surface area is 177 Å². The highest BCUT2D eigenvalue weighted by Crippen LogP contribution is 2.23. The average molecular weight is 408 g/mol. The highest BCUT2D eigenvalue weighted by Gasteiger charge is 2.17. The fourth-order valence-electron chi connectivity index (χ4n) is 3.42. The van der Waals surface area contributed by atoms with Crippen molar-refractivity contribution in [1.29, 1.82) is 0 Å². The van der Waals surface area contributed by atoms with Crippen molar-refractivity contribution < 1.29 is 14.3 Å². The van der Waals surface area contributed by atoms with Gasteiger partial charge in [0.25, 0.3) is 5.91 Å². The molecular formula is C24H29N3O3. The van der Waals surface area contributed by atoms with Crippen molar-refractivity contribution in [2.45, 2.75) is 25.7 Å². The molecule has 0 saturated carbocycles. The molecule has 1 aliphatic heterocycles. The summed E-state index contributed by atoms with van der Waals surface area (Å²) < 4.78 is 5.58. The molecule has 0 radical (unpaired) electrons. The molecule has 30 heavy (non-hydrogen) atoms. The number of carbonyl (C=O) groups excluding carboxylic acids is 2. The van der Waals surface area contributed by atoms with E-state index in [1.807, 2.05) is 29.2 Å². The molecule has 1 heterocycles. The van der Waals surface area contributed by atoms with Gasteiger partial charge in [0.1, 0.15) is 12.4 Å². The molecular weight excluding hydrogens is 378 g/mol. The maximum absolute atomic E-state index is 12.7. The monoisotopic (exact) mass is 407 g/mol. The number of nitrogens with zero attached hydrogens (tertiary/aromatic N) is 1. The Kier molecular flexibility index (Phi) is 7.89. The zero-order valence-electron chi connectivity index (χ0n) is 17.2. The second kappa shape index (κ2) is 11.0. The smallest absolute Gasteiger partial charge is 0.253 e. The van der Waals surface area contributed by atoms with Crippen molar-refractivity contribution in [2.24, 2.45) is 0 Å².